The summed E-state index contributed by atoms with van der Waals surface area (Å²) in [4.78, 5) is 55.3. The van der Waals surface area contributed by atoms with Crippen LogP contribution in [0.4, 0.5) is 24.8 Å². The van der Waals surface area contributed by atoms with E-state index in [0.29, 0.717) is 23.5 Å². The molecule has 3 aliphatic heterocycles. The van der Waals surface area contributed by atoms with Crippen molar-refractivity contribution in [2.75, 3.05) is 34.1 Å². The van der Waals surface area contributed by atoms with E-state index in [1.165, 1.54) is 36.8 Å². The molecule has 0 bridgehead atoms. The lowest BCUT2D eigenvalue weighted by molar-refractivity contribution is -0.113. The van der Waals surface area contributed by atoms with Crippen LogP contribution in [-0.4, -0.2) is 103 Å². The molecule has 3 saturated heterocycles. The molecule has 7 N–H and O–H groups in total. The van der Waals surface area contributed by atoms with Crippen molar-refractivity contribution in [2.24, 2.45) is 11.8 Å². The van der Waals surface area contributed by atoms with Gasteiger partial charge >= 0.3 is 17.1 Å². The number of aliphatic hydroxyl groups is 2. The number of aromatic nitrogens is 6. The SMILES string of the molecule is CC[C@@]1(CBr)O[C@@H](n2ccc(=O)[nH]c2=O)[C@@H](F)[C@@H]1C.CC[C@@]1(CBr)O[C@@H](n2ccc(N)nc2=O)[C@@H](F)[C@@H]1C.Nc1ccn([C@@H]2O[C@@](CO)(CBr)[C@@H](O)[C@@H]2F)c(=O)n1. The van der Waals surface area contributed by atoms with Crippen molar-refractivity contribution in [2.45, 2.75) is 101 Å². The van der Waals surface area contributed by atoms with Gasteiger partial charge < -0.3 is 35.9 Å². The quantitative estimate of drug-likeness (QED) is 0.194. The second-order valence-corrected chi connectivity index (χ2v) is 15.6. The summed E-state index contributed by atoms with van der Waals surface area (Å²) in [6.45, 7) is 6.84. The number of ether oxygens (including phenoxy) is 3. The van der Waals surface area contributed by atoms with Crippen LogP contribution in [0.3, 0.4) is 0 Å². The lowest BCUT2D eigenvalue weighted by atomic mass is 9.87. The highest BCUT2D eigenvalue weighted by molar-refractivity contribution is 9.09. The van der Waals surface area contributed by atoms with Crippen molar-refractivity contribution < 1.29 is 37.6 Å². The van der Waals surface area contributed by atoms with E-state index in [0.717, 1.165) is 13.7 Å². The van der Waals surface area contributed by atoms with Crippen molar-refractivity contribution >= 4 is 59.4 Å². The number of nitrogens with two attached hydrogens (primary N) is 2. The number of halogens is 6. The molecule has 318 valence electrons. The minimum absolute atomic E-state index is 0.00381. The van der Waals surface area contributed by atoms with Gasteiger partial charge in [-0.2, -0.15) is 9.97 Å². The Morgan fingerprint density at radius 2 is 1.11 bits per heavy atom. The topological polar surface area (TPSA) is 245 Å². The van der Waals surface area contributed by atoms with E-state index in [1.807, 2.05) is 13.8 Å². The van der Waals surface area contributed by atoms with Crippen LogP contribution in [0.2, 0.25) is 0 Å². The summed E-state index contributed by atoms with van der Waals surface area (Å²) in [5, 5.41) is 20.1. The number of aliphatic hydroxyl groups excluding tert-OH is 2. The molecule has 0 amide bonds. The Bertz CT molecular complexity index is 1970. The van der Waals surface area contributed by atoms with Crippen LogP contribution in [0.25, 0.3) is 0 Å². The highest BCUT2D eigenvalue weighted by atomic mass is 79.9. The molecule has 12 atom stereocenters. The van der Waals surface area contributed by atoms with Crippen LogP contribution in [0.5, 0.6) is 0 Å². The van der Waals surface area contributed by atoms with Crippen LogP contribution in [-0.2, 0) is 14.2 Å². The Hall–Kier alpha value is -2.93. The molecular weight excluding hydrogens is 961 g/mol. The van der Waals surface area contributed by atoms with E-state index in [2.05, 4.69) is 62.7 Å². The van der Waals surface area contributed by atoms with Crippen molar-refractivity contribution in [1.82, 2.24) is 28.7 Å². The molecular formula is C34H46Br3F3N8O9. The summed E-state index contributed by atoms with van der Waals surface area (Å²) >= 11 is 9.79. The molecule has 6 heterocycles. The number of nitrogens with zero attached hydrogens (tertiary/aromatic N) is 5. The summed E-state index contributed by atoms with van der Waals surface area (Å²) in [6, 6.07) is 3.96. The fraction of sp³-hybridized carbons (Fsp3) is 0.647. The maximum atomic E-state index is 14.5. The summed E-state index contributed by atoms with van der Waals surface area (Å²) in [6.07, 6.45) is -4.09. The van der Waals surface area contributed by atoms with Crippen LogP contribution in [0.1, 0.15) is 59.2 Å². The molecule has 23 heteroatoms. The first-order valence-corrected chi connectivity index (χ1v) is 21.1. The Labute approximate surface area is 349 Å². The molecule has 3 aromatic rings. The van der Waals surface area contributed by atoms with Gasteiger partial charge in [0, 0.05) is 52.5 Å². The van der Waals surface area contributed by atoms with Gasteiger partial charge in [-0.05, 0) is 25.0 Å². The molecule has 3 fully saturated rings. The Balaban J connectivity index is 0.000000189. The van der Waals surface area contributed by atoms with Gasteiger partial charge in [0.15, 0.2) is 37.2 Å². The summed E-state index contributed by atoms with van der Waals surface area (Å²) in [5.41, 5.74) is 5.47. The fourth-order valence-electron chi connectivity index (χ4n) is 6.81. The van der Waals surface area contributed by atoms with E-state index >= 15 is 0 Å². The number of aromatic amines is 1. The largest absolute Gasteiger partial charge is 0.393 e. The Kier molecular flexibility index (Phi) is 15.6. The molecule has 0 unspecified atom stereocenters. The number of hydrogen-bond acceptors (Lipinski definition) is 13. The maximum absolute atomic E-state index is 14.5. The standard InChI is InChI=1S/C12H17BrFN3O2.C12H16BrFN2O3.C10H13BrFN3O4/c1-3-12(6-13)7(2)9(14)10(19-12)17-5-4-8(15)16-11(17)18;1-3-12(6-13)7(2)9(14)10(19-12)16-5-4-8(17)15-11(16)18;11-3-10(4-16)7(17)6(12)8(19-10)15-2-1-5(13)14-9(15)18/h4-5,7,9-10H,3,6H2,1-2H3,(H2,15,16,18);4-5,7,9-10H,3,6H2,1-2H3,(H,15,17,18);1-2,6-8,16-17H,3-4H2,(H2,13,14,18)/t2*7-,9-,10+,12-;6-,7-,8+,10+/m000/s1. The minimum atomic E-state index is -1.87. The number of rotatable bonds is 9. The van der Waals surface area contributed by atoms with Gasteiger partial charge in [-0.1, -0.05) is 75.5 Å². The summed E-state index contributed by atoms with van der Waals surface area (Å²) in [5.74, 6) is -0.541. The molecule has 0 saturated carbocycles. The van der Waals surface area contributed by atoms with Gasteiger partial charge in [0.2, 0.25) is 0 Å². The predicted octanol–water partition coefficient (Wildman–Crippen LogP) is 2.63. The zero-order valence-corrected chi connectivity index (χ0v) is 36.1. The maximum Gasteiger partial charge on any atom is 0.351 e. The molecule has 57 heavy (non-hydrogen) atoms. The zero-order valence-electron chi connectivity index (χ0n) is 31.3. The molecule has 0 spiro atoms. The summed E-state index contributed by atoms with van der Waals surface area (Å²) < 4.78 is 63.1. The minimum Gasteiger partial charge on any atom is -0.393 e. The second kappa shape index (κ2) is 19.0. The number of H-pyrrole nitrogens is 1. The average Bonchev–Trinajstić information content (AvgIpc) is 3.71. The van der Waals surface area contributed by atoms with Gasteiger partial charge in [0.1, 0.15) is 23.3 Å². The highest BCUT2D eigenvalue weighted by Gasteiger charge is 2.56. The third-order valence-corrected chi connectivity index (χ3v) is 13.7. The predicted molar refractivity (Wildman–Crippen MR) is 214 cm³/mol. The first kappa shape index (κ1) is 46.8. The van der Waals surface area contributed by atoms with Gasteiger partial charge in [-0.25, -0.2) is 27.6 Å². The molecule has 3 aliphatic rings. The van der Waals surface area contributed by atoms with E-state index in [-0.39, 0.29) is 28.8 Å². The van der Waals surface area contributed by atoms with Crippen LogP contribution in [0, 0.1) is 11.8 Å². The molecule has 6 rings (SSSR count). The number of nitrogen functional groups attached to an aromatic ring is 2. The Morgan fingerprint density at radius 1 is 0.719 bits per heavy atom. The first-order valence-electron chi connectivity index (χ1n) is 17.8. The van der Waals surface area contributed by atoms with Crippen molar-refractivity contribution in [3.8, 4) is 0 Å². The van der Waals surface area contributed by atoms with Crippen LogP contribution >= 0.6 is 47.8 Å². The molecule has 0 aliphatic carbocycles. The van der Waals surface area contributed by atoms with E-state index in [1.54, 1.807) is 13.8 Å². The lowest BCUT2D eigenvalue weighted by Gasteiger charge is -2.29. The van der Waals surface area contributed by atoms with Gasteiger partial charge in [0.05, 0.1) is 17.8 Å². The number of alkyl halides is 6. The number of nitrogens with one attached hydrogen (secondary N) is 1. The molecule has 3 aromatic heterocycles. The molecule has 17 nitrogen and oxygen atoms in total. The van der Waals surface area contributed by atoms with E-state index in [9.17, 15) is 42.6 Å². The van der Waals surface area contributed by atoms with Crippen LogP contribution < -0.4 is 34.1 Å². The third kappa shape index (κ3) is 9.14. The smallest absolute Gasteiger partial charge is 0.351 e. The molecule has 0 radical (unpaired) electrons. The van der Waals surface area contributed by atoms with Crippen molar-refractivity contribution in [1.29, 1.82) is 0 Å². The fourth-order valence-corrected chi connectivity index (χ4v) is 9.53. The monoisotopic (exact) mass is 1000 g/mol. The van der Waals surface area contributed by atoms with Gasteiger partial charge in [-0.15, -0.1) is 0 Å². The third-order valence-electron chi connectivity index (χ3n) is 10.9. The number of anilines is 2. The van der Waals surface area contributed by atoms with Gasteiger partial charge in [0.25, 0.3) is 5.56 Å². The van der Waals surface area contributed by atoms with E-state index < -0.39 is 89.3 Å². The Morgan fingerprint density at radius 3 is 1.44 bits per heavy atom. The second-order valence-electron chi connectivity index (χ2n) is 13.9. The number of hydrogen-bond donors (Lipinski definition) is 5. The lowest BCUT2D eigenvalue weighted by Crippen LogP contribution is -2.47. The zero-order chi connectivity index (χ0) is 42.6. The highest BCUT2D eigenvalue weighted by Crippen LogP contribution is 2.47. The van der Waals surface area contributed by atoms with Crippen LogP contribution in [0.15, 0.2) is 56.0 Å². The average molecular weight is 1010 g/mol. The first-order chi connectivity index (χ1) is 26.8. The van der Waals surface area contributed by atoms with E-state index in [4.69, 9.17) is 25.7 Å². The van der Waals surface area contributed by atoms with Crippen molar-refractivity contribution in [3.63, 3.8) is 0 Å². The summed E-state index contributed by atoms with van der Waals surface area (Å²) in [7, 11) is 0. The van der Waals surface area contributed by atoms with Crippen molar-refractivity contribution in [3.05, 3.63) is 78.6 Å². The van der Waals surface area contributed by atoms with Gasteiger partial charge in [-0.3, -0.25) is 23.5 Å². The molecule has 0 aromatic carbocycles. The normalized spacial score (nSPS) is 34.6.